The quantitative estimate of drug-likeness (QED) is 0.144. The van der Waals surface area contributed by atoms with E-state index < -0.39 is 164 Å². The SMILES string of the molecule is C[C@@H]1CC2C3C[C@H](F)C4=CC(=O)C=C[C@]4(C)[C@@]3(F)[C@@H](O)C[C@]2(C)[C@@]1(OC(=O)c1ccco1)C(=O)SSSC(=O)[C@@]1(OC(=O)c2ccco2)[C@H](C)CC2C3C[C@H](F)C4=CC(=O)C=C[C@]4(C)[C@@]3(F)[C@@H](O)C[C@@]21C. The summed E-state index contributed by atoms with van der Waals surface area (Å²) in [5, 5.41) is 22.7. The van der Waals surface area contributed by atoms with Crippen LogP contribution >= 0.6 is 31.4 Å². The highest BCUT2D eigenvalue weighted by molar-refractivity contribution is 9.14. The molecule has 0 amide bonds. The topological polar surface area (TPSA) is 188 Å². The molecule has 6 fully saturated rings. The molecule has 71 heavy (non-hydrogen) atoms. The van der Waals surface area contributed by atoms with Crippen molar-refractivity contribution in [3.63, 3.8) is 0 Å². The number of ether oxygens (including phenoxy) is 2. The van der Waals surface area contributed by atoms with Crippen LogP contribution in [-0.2, 0) is 28.7 Å². The number of aliphatic hydroxyl groups excluding tert-OH is 2. The molecular formula is C52H54F4O12S3. The van der Waals surface area contributed by atoms with Crippen LogP contribution in [0.1, 0.15) is 101 Å². The summed E-state index contributed by atoms with van der Waals surface area (Å²) < 4.78 is 92.6. The van der Waals surface area contributed by atoms with Crippen molar-refractivity contribution in [3.05, 3.63) is 95.9 Å². The summed E-state index contributed by atoms with van der Waals surface area (Å²) in [6, 6.07) is 5.54. The maximum absolute atomic E-state index is 18.2. The van der Waals surface area contributed by atoms with E-state index in [0.29, 0.717) is 31.4 Å². The minimum Gasteiger partial charge on any atom is -0.457 e. The lowest BCUT2D eigenvalue weighted by Gasteiger charge is -2.63. The lowest BCUT2D eigenvalue weighted by atomic mass is 9.44. The van der Waals surface area contributed by atoms with Crippen LogP contribution < -0.4 is 0 Å². The summed E-state index contributed by atoms with van der Waals surface area (Å²) in [6.07, 6.45) is 0.634. The molecule has 0 aliphatic heterocycles. The second-order valence-corrected chi connectivity index (χ2v) is 25.9. The Kier molecular flexibility index (Phi) is 11.8. The van der Waals surface area contributed by atoms with Crippen LogP contribution in [0.5, 0.6) is 0 Å². The van der Waals surface area contributed by atoms with Gasteiger partial charge in [-0.2, -0.15) is 0 Å². The maximum Gasteiger partial charge on any atom is 0.375 e. The van der Waals surface area contributed by atoms with Gasteiger partial charge in [0.05, 0.1) is 24.7 Å². The number of rotatable bonds is 8. The molecule has 0 saturated heterocycles. The first-order chi connectivity index (χ1) is 33.3. The Labute approximate surface area is 418 Å². The third-order valence-electron chi connectivity index (χ3n) is 19.1. The van der Waals surface area contributed by atoms with Crippen molar-refractivity contribution in [3.8, 4) is 0 Å². The number of allylic oxidation sites excluding steroid dienone is 8. The fourth-order valence-corrected chi connectivity index (χ4v) is 19.8. The number of alkyl halides is 4. The van der Waals surface area contributed by atoms with Crippen molar-refractivity contribution in [2.75, 3.05) is 0 Å². The number of halogens is 4. The smallest absolute Gasteiger partial charge is 0.375 e. The average Bonchev–Trinajstić information content (AvgIpc) is 4.13. The van der Waals surface area contributed by atoms with Gasteiger partial charge in [-0.05, 0) is 155 Å². The predicted octanol–water partition coefficient (Wildman–Crippen LogP) is 9.58. The highest BCUT2D eigenvalue weighted by Gasteiger charge is 2.80. The van der Waals surface area contributed by atoms with Gasteiger partial charge < -0.3 is 28.5 Å². The number of hydrogen-bond donors (Lipinski definition) is 2. The van der Waals surface area contributed by atoms with Gasteiger partial charge in [0.2, 0.25) is 21.8 Å². The van der Waals surface area contributed by atoms with Gasteiger partial charge in [0.1, 0.15) is 12.3 Å². The largest absolute Gasteiger partial charge is 0.457 e. The van der Waals surface area contributed by atoms with Gasteiger partial charge in [-0.1, -0.05) is 39.8 Å². The molecule has 2 heterocycles. The highest BCUT2D eigenvalue weighted by atomic mass is 33.5. The van der Waals surface area contributed by atoms with Crippen molar-refractivity contribution < 1.29 is 74.8 Å². The minimum atomic E-state index is -2.51. The Morgan fingerprint density at radius 2 is 1.01 bits per heavy atom. The van der Waals surface area contributed by atoms with E-state index in [0.717, 1.165) is 24.3 Å². The van der Waals surface area contributed by atoms with Crippen molar-refractivity contribution >= 4 is 65.1 Å². The van der Waals surface area contributed by atoms with Crippen LogP contribution in [0, 0.1) is 57.2 Å². The number of carbonyl (C=O) groups excluding carboxylic acids is 6. The van der Waals surface area contributed by atoms with Crippen LogP contribution in [-0.4, -0.2) is 91.0 Å². The molecule has 8 aliphatic carbocycles. The van der Waals surface area contributed by atoms with E-state index in [2.05, 4.69) is 0 Å². The Morgan fingerprint density at radius 1 is 0.634 bits per heavy atom. The molecular weight excluding hydrogens is 989 g/mol. The molecule has 18 atom stereocenters. The molecule has 8 aliphatic rings. The number of carbonyl (C=O) groups is 6. The van der Waals surface area contributed by atoms with E-state index in [-0.39, 0.29) is 35.5 Å². The molecule has 2 aromatic heterocycles. The number of esters is 2. The van der Waals surface area contributed by atoms with E-state index in [9.17, 15) is 29.4 Å². The molecule has 6 saturated carbocycles. The molecule has 2 aromatic rings. The van der Waals surface area contributed by atoms with E-state index >= 15 is 27.2 Å². The molecule has 4 unspecified atom stereocenters. The maximum atomic E-state index is 18.2. The van der Waals surface area contributed by atoms with Crippen LogP contribution in [0.15, 0.2) is 93.2 Å². The monoisotopic (exact) mass is 1040 g/mol. The first-order valence-electron chi connectivity index (χ1n) is 23.9. The van der Waals surface area contributed by atoms with Gasteiger partial charge in [-0.15, -0.1) is 0 Å². The Hall–Kier alpha value is -4.17. The van der Waals surface area contributed by atoms with Crippen molar-refractivity contribution in [2.45, 2.75) is 127 Å². The summed E-state index contributed by atoms with van der Waals surface area (Å²) in [6.45, 7) is 9.41. The van der Waals surface area contributed by atoms with Crippen molar-refractivity contribution in [1.29, 1.82) is 0 Å². The number of furan rings is 2. The summed E-state index contributed by atoms with van der Waals surface area (Å²) in [5.74, 6) is -9.58. The summed E-state index contributed by atoms with van der Waals surface area (Å²) >= 11 is 0. The Morgan fingerprint density at radius 3 is 1.37 bits per heavy atom. The molecule has 12 nitrogen and oxygen atoms in total. The zero-order valence-electron chi connectivity index (χ0n) is 39.7. The van der Waals surface area contributed by atoms with Crippen molar-refractivity contribution in [1.82, 2.24) is 0 Å². The van der Waals surface area contributed by atoms with Crippen LogP contribution in [0.3, 0.4) is 0 Å². The van der Waals surface area contributed by atoms with E-state index in [1.54, 1.807) is 27.7 Å². The van der Waals surface area contributed by atoms with Crippen LogP contribution in [0.2, 0.25) is 0 Å². The molecule has 19 heteroatoms. The number of fused-ring (bicyclic) bond motifs is 10. The molecule has 380 valence electrons. The molecule has 0 spiro atoms. The predicted molar refractivity (Wildman–Crippen MR) is 253 cm³/mol. The zero-order valence-corrected chi connectivity index (χ0v) is 42.1. The van der Waals surface area contributed by atoms with E-state index in [4.69, 9.17) is 18.3 Å². The molecule has 2 N–H and O–H groups in total. The van der Waals surface area contributed by atoms with Crippen LogP contribution in [0.25, 0.3) is 0 Å². The third-order valence-corrected chi connectivity index (χ3v) is 22.7. The zero-order chi connectivity index (χ0) is 51.2. The first-order valence-corrected chi connectivity index (χ1v) is 27.4. The Balaban J connectivity index is 0.987. The summed E-state index contributed by atoms with van der Waals surface area (Å²) in [5.41, 5.74) is -16.1. The summed E-state index contributed by atoms with van der Waals surface area (Å²) in [4.78, 5) is 83.6. The second-order valence-electron chi connectivity index (χ2n) is 22.0. The van der Waals surface area contributed by atoms with E-state index in [1.807, 2.05) is 0 Å². The molecule has 0 aromatic carbocycles. The molecule has 0 bridgehead atoms. The lowest BCUT2D eigenvalue weighted by molar-refractivity contribution is -0.221. The number of ketones is 2. The van der Waals surface area contributed by atoms with E-state index in [1.165, 1.54) is 62.8 Å². The van der Waals surface area contributed by atoms with Gasteiger partial charge in [-0.25, -0.2) is 27.2 Å². The Bertz CT molecular complexity index is 2560. The standard InChI is InChI=1S/C52H54F4O12S3/c1-25-17-29-31-21-35(53)33-19-27(57)11-13-45(33,3)49(31,55)39(59)23-47(29,5)51(25,67-41(61)37-9-7-15-65-37)43(63)69-71-70-44(64)52(68-42(62)38-10-8-16-66-38)26(2)18-30-32-22-36(54)34-20-28(58)12-14-46(34,4)50(32,56)40(60)24-48(30,52)6/h7-16,19-20,25-26,29-32,35-36,39-40,59-60H,17-18,21-24H2,1-6H3/t25-,26-,29?,30?,31?,32?,35+,36+,39+,40+,45+,46+,47+,48+,49+,50+,51+,52+/m1/s1. The second kappa shape index (κ2) is 16.7. The fraction of sp³-hybridized carbons (Fsp3) is 0.577. The van der Waals surface area contributed by atoms with Gasteiger partial charge in [0.25, 0.3) is 0 Å². The average molecular weight is 1040 g/mol. The molecule has 10 rings (SSSR count). The third kappa shape index (κ3) is 6.46. The first kappa shape index (κ1) is 50.4. The number of hydrogen-bond acceptors (Lipinski definition) is 15. The van der Waals surface area contributed by atoms with Crippen molar-refractivity contribution in [2.24, 2.45) is 57.2 Å². The van der Waals surface area contributed by atoms with Gasteiger partial charge >= 0.3 is 11.9 Å². The number of aliphatic hydroxyl groups is 2. The van der Waals surface area contributed by atoms with Gasteiger partial charge in [-0.3, -0.25) is 19.2 Å². The summed E-state index contributed by atoms with van der Waals surface area (Å²) in [7, 11) is 1.71. The normalized spacial score (nSPS) is 46.1. The van der Waals surface area contributed by atoms with Crippen LogP contribution in [0.4, 0.5) is 17.6 Å². The fourth-order valence-electron chi connectivity index (χ4n) is 15.8. The minimum absolute atomic E-state index is 0.0450. The lowest BCUT2D eigenvalue weighted by Crippen LogP contribution is -2.70. The molecule has 0 radical (unpaired) electrons. The highest BCUT2D eigenvalue weighted by Crippen LogP contribution is 2.75. The van der Waals surface area contributed by atoms with Gasteiger partial charge in [0.15, 0.2) is 34.1 Å². The van der Waals surface area contributed by atoms with Gasteiger partial charge in [0, 0.05) is 45.3 Å².